The number of rotatable bonds is 3. The summed E-state index contributed by atoms with van der Waals surface area (Å²) in [6.07, 6.45) is 0. The molecule has 2 aliphatic rings. The molecule has 0 saturated carbocycles. The molecule has 3 rings (SSSR count). The lowest BCUT2D eigenvalue weighted by molar-refractivity contribution is 0.304. The average Bonchev–Trinajstić information content (AvgIpc) is 2.90. The summed E-state index contributed by atoms with van der Waals surface area (Å²) in [7, 11) is 1.49. The second-order valence-corrected chi connectivity index (χ2v) is 5.34. The predicted molar refractivity (Wildman–Crippen MR) is 75.3 cm³/mol. The molecule has 1 N–H and O–H groups in total. The molecule has 2 fully saturated rings. The van der Waals surface area contributed by atoms with Crippen LogP contribution in [0.15, 0.2) is 18.2 Å². The van der Waals surface area contributed by atoms with Crippen LogP contribution in [0.4, 0.5) is 4.39 Å². The van der Waals surface area contributed by atoms with Crippen LogP contribution in [0.25, 0.3) is 0 Å². The van der Waals surface area contributed by atoms with Crippen LogP contribution in [0.5, 0.6) is 5.75 Å². The zero-order valence-corrected chi connectivity index (χ0v) is 11.9. The number of benzene rings is 1. The van der Waals surface area contributed by atoms with Crippen molar-refractivity contribution in [3.05, 3.63) is 29.6 Å². The first-order chi connectivity index (χ1) is 8.76. The van der Waals surface area contributed by atoms with Crippen LogP contribution in [0, 0.1) is 17.7 Å². The van der Waals surface area contributed by atoms with E-state index in [9.17, 15) is 4.39 Å². The van der Waals surface area contributed by atoms with Gasteiger partial charge in [0.1, 0.15) is 0 Å². The van der Waals surface area contributed by atoms with Crippen LogP contribution >= 0.6 is 12.4 Å². The Kier molecular flexibility index (Phi) is 4.66. The Bertz CT molecular complexity index is 431. The highest BCUT2D eigenvalue weighted by atomic mass is 35.5. The topological polar surface area (TPSA) is 24.5 Å². The highest BCUT2D eigenvalue weighted by Crippen LogP contribution is 2.28. The number of fused-ring (bicyclic) bond motifs is 1. The number of halogens is 2. The van der Waals surface area contributed by atoms with Gasteiger partial charge in [0.15, 0.2) is 11.6 Å². The predicted octanol–water partition coefficient (Wildman–Crippen LogP) is 1.91. The van der Waals surface area contributed by atoms with Gasteiger partial charge in [-0.3, -0.25) is 4.90 Å². The summed E-state index contributed by atoms with van der Waals surface area (Å²) >= 11 is 0. The lowest BCUT2D eigenvalue weighted by Crippen LogP contribution is -2.25. The Hall–Kier alpha value is -0.840. The second kappa shape index (κ2) is 6.07. The van der Waals surface area contributed by atoms with Crippen molar-refractivity contribution in [1.82, 2.24) is 10.2 Å². The van der Waals surface area contributed by atoms with Crippen molar-refractivity contribution in [1.29, 1.82) is 0 Å². The van der Waals surface area contributed by atoms with Gasteiger partial charge in [0.05, 0.1) is 7.11 Å². The largest absolute Gasteiger partial charge is 0.494 e. The van der Waals surface area contributed by atoms with Crippen molar-refractivity contribution in [3.8, 4) is 5.75 Å². The molecular formula is C14H20ClFN2O. The molecule has 2 aliphatic heterocycles. The van der Waals surface area contributed by atoms with Crippen molar-refractivity contribution in [2.45, 2.75) is 6.54 Å². The molecule has 106 valence electrons. The highest BCUT2D eigenvalue weighted by Gasteiger charge is 2.35. The van der Waals surface area contributed by atoms with Crippen molar-refractivity contribution in [3.63, 3.8) is 0 Å². The minimum Gasteiger partial charge on any atom is -0.494 e. The first kappa shape index (κ1) is 14.6. The van der Waals surface area contributed by atoms with Crippen LogP contribution in [0.2, 0.25) is 0 Å². The molecule has 0 unspecified atom stereocenters. The van der Waals surface area contributed by atoms with Crippen LogP contribution in [-0.2, 0) is 6.54 Å². The summed E-state index contributed by atoms with van der Waals surface area (Å²) in [5.41, 5.74) is 1.03. The number of nitrogens with zero attached hydrogens (tertiary/aromatic N) is 1. The average molecular weight is 287 g/mol. The Morgan fingerprint density at radius 1 is 1.32 bits per heavy atom. The fourth-order valence-electron chi connectivity index (χ4n) is 3.15. The SMILES string of the molecule is COc1ccc(CN2C[C@H]3CNC[C@H]3C2)cc1F.Cl. The van der Waals surface area contributed by atoms with E-state index in [1.165, 1.54) is 7.11 Å². The lowest BCUT2D eigenvalue weighted by atomic mass is 10.0. The molecule has 1 aromatic rings. The van der Waals surface area contributed by atoms with E-state index in [-0.39, 0.29) is 18.2 Å². The summed E-state index contributed by atoms with van der Waals surface area (Å²) in [5, 5.41) is 3.43. The van der Waals surface area contributed by atoms with Crippen molar-refractivity contribution in [2.75, 3.05) is 33.3 Å². The Morgan fingerprint density at radius 3 is 2.58 bits per heavy atom. The Labute approximate surface area is 119 Å². The molecule has 0 aromatic heterocycles. The molecule has 0 aliphatic carbocycles. The highest BCUT2D eigenvalue weighted by molar-refractivity contribution is 5.85. The summed E-state index contributed by atoms with van der Waals surface area (Å²) < 4.78 is 18.5. The summed E-state index contributed by atoms with van der Waals surface area (Å²) in [6, 6.07) is 5.25. The van der Waals surface area contributed by atoms with E-state index in [0.29, 0.717) is 5.75 Å². The maximum absolute atomic E-state index is 13.6. The number of nitrogens with one attached hydrogen (secondary N) is 1. The molecular weight excluding hydrogens is 267 g/mol. The van der Waals surface area contributed by atoms with E-state index in [1.54, 1.807) is 12.1 Å². The maximum atomic E-state index is 13.6. The van der Waals surface area contributed by atoms with Gasteiger partial charge in [-0.1, -0.05) is 6.07 Å². The van der Waals surface area contributed by atoms with Gasteiger partial charge in [0.25, 0.3) is 0 Å². The van der Waals surface area contributed by atoms with E-state index in [0.717, 1.165) is 50.1 Å². The number of hydrogen-bond acceptors (Lipinski definition) is 3. The Balaban J connectivity index is 0.00000133. The fraction of sp³-hybridized carbons (Fsp3) is 0.571. The van der Waals surface area contributed by atoms with E-state index in [4.69, 9.17) is 4.74 Å². The normalized spacial score (nSPS) is 26.0. The molecule has 0 amide bonds. The molecule has 0 bridgehead atoms. The zero-order chi connectivity index (χ0) is 12.5. The van der Waals surface area contributed by atoms with E-state index >= 15 is 0 Å². The number of hydrogen-bond donors (Lipinski definition) is 1. The molecule has 0 spiro atoms. The van der Waals surface area contributed by atoms with E-state index in [2.05, 4.69) is 10.2 Å². The van der Waals surface area contributed by atoms with Gasteiger partial charge in [0.2, 0.25) is 0 Å². The van der Waals surface area contributed by atoms with E-state index < -0.39 is 0 Å². The minimum absolute atomic E-state index is 0. The minimum atomic E-state index is -0.268. The second-order valence-electron chi connectivity index (χ2n) is 5.34. The molecule has 2 heterocycles. The van der Waals surface area contributed by atoms with Crippen LogP contribution in [-0.4, -0.2) is 38.2 Å². The van der Waals surface area contributed by atoms with Crippen molar-refractivity contribution >= 4 is 12.4 Å². The lowest BCUT2D eigenvalue weighted by Gasteiger charge is -2.17. The standard InChI is InChI=1S/C14H19FN2O.ClH/c1-18-14-3-2-10(4-13(14)15)7-17-8-11-5-16-6-12(11)9-17;/h2-4,11-12,16H,5-9H2,1H3;1H/t11-,12+;. The van der Waals surface area contributed by atoms with E-state index in [1.807, 2.05) is 6.07 Å². The molecule has 2 saturated heterocycles. The first-order valence-electron chi connectivity index (χ1n) is 6.52. The Morgan fingerprint density at radius 2 is 2.00 bits per heavy atom. The van der Waals surface area contributed by atoms with Gasteiger partial charge in [-0.25, -0.2) is 4.39 Å². The van der Waals surface area contributed by atoms with Crippen LogP contribution in [0.3, 0.4) is 0 Å². The molecule has 0 radical (unpaired) electrons. The van der Waals surface area contributed by atoms with Crippen molar-refractivity contribution in [2.24, 2.45) is 11.8 Å². The monoisotopic (exact) mass is 286 g/mol. The van der Waals surface area contributed by atoms with Gasteiger partial charge >= 0.3 is 0 Å². The quantitative estimate of drug-likeness (QED) is 0.919. The number of methoxy groups -OCH3 is 1. The molecule has 2 atom stereocenters. The number of ether oxygens (including phenoxy) is 1. The zero-order valence-electron chi connectivity index (χ0n) is 11.1. The van der Waals surface area contributed by atoms with Gasteiger partial charge < -0.3 is 10.1 Å². The van der Waals surface area contributed by atoms with Gasteiger partial charge in [-0.05, 0) is 42.6 Å². The third-order valence-corrected chi connectivity index (χ3v) is 4.09. The molecule has 1 aromatic carbocycles. The fourth-order valence-corrected chi connectivity index (χ4v) is 3.15. The molecule has 19 heavy (non-hydrogen) atoms. The smallest absolute Gasteiger partial charge is 0.165 e. The third-order valence-electron chi connectivity index (χ3n) is 4.09. The van der Waals surface area contributed by atoms with Crippen LogP contribution in [0.1, 0.15) is 5.56 Å². The summed E-state index contributed by atoms with van der Waals surface area (Å²) in [4.78, 5) is 2.43. The van der Waals surface area contributed by atoms with Gasteiger partial charge in [-0.2, -0.15) is 0 Å². The van der Waals surface area contributed by atoms with Crippen molar-refractivity contribution < 1.29 is 9.13 Å². The molecule has 3 nitrogen and oxygen atoms in total. The first-order valence-corrected chi connectivity index (χ1v) is 6.52. The summed E-state index contributed by atoms with van der Waals surface area (Å²) in [6.45, 7) is 5.38. The third kappa shape index (κ3) is 3.02. The van der Waals surface area contributed by atoms with Crippen LogP contribution < -0.4 is 10.1 Å². The van der Waals surface area contributed by atoms with Gasteiger partial charge in [0, 0.05) is 19.6 Å². The van der Waals surface area contributed by atoms with Gasteiger partial charge in [-0.15, -0.1) is 12.4 Å². The number of likely N-dealkylation sites (tertiary alicyclic amines) is 1. The maximum Gasteiger partial charge on any atom is 0.165 e. The summed E-state index contributed by atoms with van der Waals surface area (Å²) in [5.74, 6) is 1.62. The molecule has 5 heteroatoms.